The van der Waals surface area contributed by atoms with E-state index in [1.807, 2.05) is 0 Å². The molecule has 12 heteroatoms. The Balaban J connectivity index is 2.96. The van der Waals surface area contributed by atoms with Crippen molar-refractivity contribution in [1.29, 1.82) is 0 Å². The number of hydrogen-bond donors (Lipinski definition) is 0. The minimum absolute atomic E-state index is 0.151. The molecule has 1 aliphatic rings. The van der Waals surface area contributed by atoms with Crippen molar-refractivity contribution in [3.63, 3.8) is 0 Å². The van der Waals surface area contributed by atoms with Crippen LogP contribution in [0.15, 0.2) is 30.3 Å². The summed E-state index contributed by atoms with van der Waals surface area (Å²) in [6, 6.07) is 4.90. The van der Waals surface area contributed by atoms with E-state index in [-0.39, 0.29) is 18.4 Å². The van der Waals surface area contributed by atoms with E-state index in [4.69, 9.17) is 0 Å². The molecule has 0 radical (unpaired) electrons. The smallest absolute Gasteiger partial charge is 0.264 e. The SMILES string of the molecule is O=[N+]([O-])[C@@H]1CCCC[C@@]1(c1ccccc1)C([N+](=O)[O-])([N+](=O)[O-])[N+](=O)[O-]. The van der Waals surface area contributed by atoms with Crippen molar-refractivity contribution in [2.75, 3.05) is 0 Å². The summed E-state index contributed by atoms with van der Waals surface area (Å²) in [4.78, 5) is 40.8. The van der Waals surface area contributed by atoms with Crippen molar-refractivity contribution in [3.8, 4) is 0 Å². The Morgan fingerprint density at radius 3 is 1.84 bits per heavy atom. The van der Waals surface area contributed by atoms with Crippen molar-refractivity contribution in [1.82, 2.24) is 0 Å². The molecule has 12 nitrogen and oxygen atoms in total. The van der Waals surface area contributed by atoms with Gasteiger partial charge in [0.05, 0.1) is 0 Å². The second-order valence-corrected chi connectivity index (χ2v) is 5.79. The third kappa shape index (κ3) is 2.37. The average molecular weight is 354 g/mol. The van der Waals surface area contributed by atoms with Crippen LogP contribution in [-0.4, -0.2) is 31.5 Å². The summed E-state index contributed by atoms with van der Waals surface area (Å²) >= 11 is 0. The van der Waals surface area contributed by atoms with Crippen LogP contribution in [0.4, 0.5) is 0 Å². The molecule has 134 valence electrons. The van der Waals surface area contributed by atoms with Gasteiger partial charge >= 0.3 is 5.79 Å². The zero-order valence-electron chi connectivity index (χ0n) is 12.8. The zero-order chi connectivity index (χ0) is 18.8. The fourth-order valence-corrected chi connectivity index (χ4v) is 3.79. The van der Waals surface area contributed by atoms with Crippen LogP contribution in [0, 0.1) is 40.5 Å². The van der Waals surface area contributed by atoms with Crippen LogP contribution in [-0.2, 0) is 5.41 Å². The molecular formula is C13H14N4O8. The average Bonchev–Trinajstić information content (AvgIpc) is 2.55. The van der Waals surface area contributed by atoms with Gasteiger partial charge in [0, 0.05) is 11.3 Å². The third-order valence-electron chi connectivity index (χ3n) is 4.77. The van der Waals surface area contributed by atoms with Gasteiger partial charge in [0.2, 0.25) is 6.04 Å². The minimum atomic E-state index is -3.95. The van der Waals surface area contributed by atoms with Crippen LogP contribution in [0.5, 0.6) is 0 Å². The summed E-state index contributed by atoms with van der Waals surface area (Å²) in [5.74, 6) is -3.95. The van der Waals surface area contributed by atoms with Gasteiger partial charge in [0.15, 0.2) is 14.8 Å². The van der Waals surface area contributed by atoms with E-state index in [1.54, 1.807) is 0 Å². The van der Waals surface area contributed by atoms with Crippen molar-refractivity contribution in [3.05, 3.63) is 76.4 Å². The summed E-state index contributed by atoms with van der Waals surface area (Å²) in [6.07, 6.45) is -0.176. The predicted octanol–water partition coefficient (Wildman–Crippen LogP) is 1.63. The lowest BCUT2D eigenvalue weighted by Gasteiger charge is -2.36. The number of nitrogens with zero attached hydrogens (tertiary/aromatic N) is 4. The number of rotatable bonds is 6. The summed E-state index contributed by atoms with van der Waals surface area (Å²) < 4.78 is 0. The van der Waals surface area contributed by atoms with E-state index in [0.717, 1.165) is 0 Å². The quantitative estimate of drug-likeness (QED) is 0.421. The van der Waals surface area contributed by atoms with Gasteiger partial charge in [-0.05, 0) is 18.4 Å². The summed E-state index contributed by atoms with van der Waals surface area (Å²) in [6.45, 7) is 0. The molecule has 1 saturated carbocycles. The Kier molecular flexibility index (Phi) is 4.63. The van der Waals surface area contributed by atoms with Crippen LogP contribution in [0.25, 0.3) is 0 Å². The Hall–Kier alpha value is -3.18. The summed E-state index contributed by atoms with van der Waals surface area (Å²) in [5, 5.41) is 46.5. The van der Waals surface area contributed by atoms with E-state index >= 15 is 0 Å². The van der Waals surface area contributed by atoms with Gasteiger partial charge in [-0.15, -0.1) is 0 Å². The fourth-order valence-electron chi connectivity index (χ4n) is 3.79. The highest BCUT2D eigenvalue weighted by Crippen LogP contribution is 2.50. The molecule has 0 aliphatic heterocycles. The van der Waals surface area contributed by atoms with E-state index in [9.17, 15) is 40.5 Å². The maximum Gasteiger partial charge on any atom is 0.716 e. The van der Waals surface area contributed by atoms with Crippen molar-refractivity contribution < 1.29 is 19.7 Å². The molecule has 0 aromatic heterocycles. The summed E-state index contributed by atoms with van der Waals surface area (Å²) in [5.41, 5.74) is -2.66. The molecule has 1 aromatic carbocycles. The van der Waals surface area contributed by atoms with Crippen LogP contribution in [0.3, 0.4) is 0 Å². The fraction of sp³-hybridized carbons (Fsp3) is 0.538. The van der Waals surface area contributed by atoms with Crippen LogP contribution in [0.1, 0.15) is 31.2 Å². The lowest BCUT2D eigenvalue weighted by Crippen LogP contribution is -2.72. The van der Waals surface area contributed by atoms with E-state index in [1.165, 1.54) is 30.3 Å². The van der Waals surface area contributed by atoms with Gasteiger partial charge in [-0.3, -0.25) is 40.5 Å². The molecule has 0 saturated heterocycles. The highest BCUT2D eigenvalue weighted by molar-refractivity contribution is 5.30. The lowest BCUT2D eigenvalue weighted by atomic mass is 9.61. The van der Waals surface area contributed by atoms with Crippen LogP contribution < -0.4 is 0 Å². The monoisotopic (exact) mass is 354 g/mol. The Morgan fingerprint density at radius 1 is 0.880 bits per heavy atom. The number of nitro groups is 4. The largest absolute Gasteiger partial charge is 0.716 e. The van der Waals surface area contributed by atoms with Crippen LogP contribution in [0.2, 0.25) is 0 Å². The van der Waals surface area contributed by atoms with Gasteiger partial charge in [0.1, 0.15) is 0 Å². The first-order chi connectivity index (χ1) is 11.7. The van der Waals surface area contributed by atoms with Crippen molar-refractivity contribution in [2.45, 2.75) is 42.9 Å². The minimum Gasteiger partial charge on any atom is -0.264 e. The highest BCUT2D eigenvalue weighted by Gasteiger charge is 2.89. The van der Waals surface area contributed by atoms with E-state index in [0.29, 0.717) is 6.42 Å². The molecule has 1 fully saturated rings. The second-order valence-electron chi connectivity index (χ2n) is 5.79. The summed E-state index contributed by atoms with van der Waals surface area (Å²) in [7, 11) is 0. The molecule has 0 spiro atoms. The Bertz CT molecular complexity index is 688. The predicted molar refractivity (Wildman–Crippen MR) is 81.1 cm³/mol. The molecular weight excluding hydrogens is 340 g/mol. The first-order valence-electron chi connectivity index (χ1n) is 7.35. The molecule has 0 bridgehead atoms. The molecule has 1 aliphatic carbocycles. The molecule has 2 atom stereocenters. The van der Waals surface area contributed by atoms with Crippen LogP contribution >= 0.6 is 0 Å². The maximum absolute atomic E-state index is 11.6. The van der Waals surface area contributed by atoms with Gasteiger partial charge < -0.3 is 0 Å². The van der Waals surface area contributed by atoms with Gasteiger partial charge in [-0.25, -0.2) is 0 Å². The maximum atomic E-state index is 11.6. The van der Waals surface area contributed by atoms with E-state index in [2.05, 4.69) is 0 Å². The standard InChI is InChI=1S/C13H14N4O8/c18-14(19)11-8-4-5-9-12(11,10-6-2-1-3-7-10)13(15(20)21,16(22)23)17(24)25/h1-3,6-7,11H,4-5,8-9H2/t11-,12+/m1/s1. The Morgan fingerprint density at radius 2 is 1.40 bits per heavy atom. The molecule has 1 aromatic rings. The first kappa shape index (κ1) is 18.2. The number of hydrogen-bond acceptors (Lipinski definition) is 8. The van der Waals surface area contributed by atoms with Gasteiger partial charge in [0.25, 0.3) is 5.41 Å². The third-order valence-corrected chi connectivity index (χ3v) is 4.77. The van der Waals surface area contributed by atoms with Gasteiger partial charge in [-0.1, -0.05) is 36.8 Å². The van der Waals surface area contributed by atoms with Gasteiger partial charge in [-0.2, -0.15) is 0 Å². The normalized spacial score (nSPS) is 23.6. The highest BCUT2D eigenvalue weighted by atomic mass is 16.7. The zero-order valence-corrected chi connectivity index (χ0v) is 12.8. The van der Waals surface area contributed by atoms with E-state index < -0.39 is 43.4 Å². The molecule has 0 unspecified atom stereocenters. The van der Waals surface area contributed by atoms with Crippen molar-refractivity contribution >= 4 is 0 Å². The molecule has 0 amide bonds. The lowest BCUT2D eigenvalue weighted by molar-refractivity contribution is -0.985. The molecule has 0 heterocycles. The first-order valence-corrected chi connectivity index (χ1v) is 7.35. The van der Waals surface area contributed by atoms with Crippen molar-refractivity contribution in [2.24, 2.45) is 0 Å². The molecule has 0 N–H and O–H groups in total. The number of benzene rings is 1. The molecule has 2 rings (SSSR count). The second kappa shape index (κ2) is 6.37. The topological polar surface area (TPSA) is 173 Å². The molecule has 25 heavy (non-hydrogen) atoms. The Labute approximate surface area is 140 Å².